The minimum absolute atomic E-state index is 0.0569. The molecule has 0 atom stereocenters. The van der Waals surface area contributed by atoms with Gasteiger partial charge in [0.15, 0.2) is 11.6 Å². The van der Waals surface area contributed by atoms with Crippen LogP contribution in [-0.4, -0.2) is 16.6 Å². The van der Waals surface area contributed by atoms with E-state index in [0.29, 0.717) is 17.5 Å². The molecule has 4 rings (SSSR count). The fourth-order valence-electron chi connectivity index (χ4n) is 3.67. The normalized spacial score (nSPS) is 12.6. The molecule has 154 valence electrons. The minimum Gasteiger partial charge on any atom is -0.461 e. The summed E-state index contributed by atoms with van der Waals surface area (Å²) in [5, 5.41) is 0.882. The van der Waals surface area contributed by atoms with Crippen molar-refractivity contribution in [2.75, 3.05) is 0 Å². The molecular formula is C25H25NO3S. The van der Waals surface area contributed by atoms with Gasteiger partial charge in [-0.3, -0.25) is 9.59 Å². The Bertz CT molecular complexity index is 1270. The summed E-state index contributed by atoms with van der Waals surface area (Å²) in [6.45, 7) is 9.61. The highest BCUT2D eigenvalue weighted by Gasteiger charge is 2.31. The average Bonchev–Trinajstić information content (AvgIpc) is 3.30. The summed E-state index contributed by atoms with van der Waals surface area (Å²) >= 11 is 1.56. The van der Waals surface area contributed by atoms with E-state index < -0.39 is 10.8 Å². The van der Waals surface area contributed by atoms with Crippen LogP contribution in [-0.2, 0) is 6.42 Å². The molecule has 4 aromatic rings. The first kappa shape index (κ1) is 20.5. The molecule has 0 aliphatic rings. The van der Waals surface area contributed by atoms with E-state index >= 15 is 0 Å². The van der Waals surface area contributed by atoms with Gasteiger partial charge in [-0.05, 0) is 42.5 Å². The molecule has 0 unspecified atom stereocenters. The van der Waals surface area contributed by atoms with Gasteiger partial charge in [-0.15, -0.1) is 11.3 Å². The minimum atomic E-state index is -0.637. The molecule has 0 spiro atoms. The Kier molecular flexibility index (Phi) is 4.89. The number of carbonyl (C=O) groups excluding carboxylic acids is 2. The third kappa shape index (κ3) is 3.82. The van der Waals surface area contributed by atoms with Crippen LogP contribution in [0.2, 0.25) is 0 Å². The molecule has 0 fully saturated rings. The molecule has 2 aromatic carbocycles. The Morgan fingerprint density at radius 2 is 1.63 bits per heavy atom. The van der Waals surface area contributed by atoms with Gasteiger partial charge in [0.05, 0.1) is 15.7 Å². The highest BCUT2D eigenvalue weighted by molar-refractivity contribution is 7.16. The molecule has 0 aliphatic carbocycles. The summed E-state index contributed by atoms with van der Waals surface area (Å²) in [4.78, 5) is 30.1. The summed E-state index contributed by atoms with van der Waals surface area (Å²) in [5.74, 6) is 0.889. The van der Waals surface area contributed by atoms with Crippen molar-refractivity contribution in [3.63, 3.8) is 0 Å². The molecule has 0 amide bonds. The van der Waals surface area contributed by atoms with Crippen LogP contribution in [0.25, 0.3) is 21.2 Å². The van der Waals surface area contributed by atoms with Crippen molar-refractivity contribution in [3.05, 3.63) is 64.9 Å². The monoisotopic (exact) mass is 419 g/mol. The number of thiazole rings is 1. The number of fused-ring (bicyclic) bond motifs is 2. The van der Waals surface area contributed by atoms with Gasteiger partial charge in [0.2, 0.25) is 0 Å². The molecular weight excluding hydrogens is 394 g/mol. The average molecular weight is 420 g/mol. The Morgan fingerprint density at radius 3 is 2.37 bits per heavy atom. The van der Waals surface area contributed by atoms with E-state index in [1.165, 1.54) is 0 Å². The number of hydrogen-bond acceptors (Lipinski definition) is 5. The van der Waals surface area contributed by atoms with E-state index in [1.54, 1.807) is 16.8 Å². The van der Waals surface area contributed by atoms with Crippen LogP contribution in [0.5, 0.6) is 0 Å². The van der Waals surface area contributed by atoms with Gasteiger partial charge < -0.3 is 4.42 Å². The molecule has 0 bridgehead atoms. The van der Waals surface area contributed by atoms with Crippen molar-refractivity contribution >= 4 is 44.1 Å². The molecule has 0 saturated heterocycles. The van der Waals surface area contributed by atoms with Crippen molar-refractivity contribution < 1.29 is 14.0 Å². The van der Waals surface area contributed by atoms with Crippen molar-refractivity contribution in [3.8, 4) is 0 Å². The van der Waals surface area contributed by atoms with Crippen molar-refractivity contribution in [2.24, 2.45) is 10.8 Å². The van der Waals surface area contributed by atoms with Crippen LogP contribution in [0.3, 0.4) is 0 Å². The molecule has 0 aliphatic heterocycles. The maximum Gasteiger partial charge on any atom is 0.168 e. The number of aromatic nitrogens is 1. The number of nitrogens with zero attached hydrogens (tertiary/aromatic N) is 1. The third-order valence-electron chi connectivity index (χ3n) is 5.33. The molecule has 0 saturated carbocycles. The number of Topliss-reactive ketones (excluding diaryl/α,β-unsaturated/α-hetero) is 2. The molecule has 0 radical (unpaired) electrons. The predicted octanol–water partition coefficient (Wildman–Crippen LogP) is 6.72. The lowest BCUT2D eigenvalue weighted by Gasteiger charge is -2.21. The van der Waals surface area contributed by atoms with E-state index in [0.717, 1.165) is 26.9 Å². The Hall–Kier alpha value is -2.79. The van der Waals surface area contributed by atoms with Gasteiger partial charge in [0, 0.05) is 33.8 Å². The Balaban J connectivity index is 1.60. The summed E-state index contributed by atoms with van der Waals surface area (Å²) < 4.78 is 7.07. The highest BCUT2D eigenvalue weighted by atomic mass is 32.1. The van der Waals surface area contributed by atoms with E-state index in [-0.39, 0.29) is 11.6 Å². The summed E-state index contributed by atoms with van der Waals surface area (Å²) in [7, 11) is 0. The van der Waals surface area contributed by atoms with Gasteiger partial charge in [-0.25, -0.2) is 4.98 Å². The number of benzene rings is 2. The van der Waals surface area contributed by atoms with Crippen molar-refractivity contribution in [1.82, 2.24) is 4.98 Å². The fraction of sp³-hybridized carbons (Fsp3) is 0.320. The predicted molar refractivity (Wildman–Crippen MR) is 121 cm³/mol. The quantitative estimate of drug-likeness (QED) is 0.337. The largest absolute Gasteiger partial charge is 0.461 e. The van der Waals surface area contributed by atoms with Crippen LogP contribution in [0.4, 0.5) is 0 Å². The second-order valence-corrected chi connectivity index (χ2v) is 10.4. The second kappa shape index (κ2) is 7.17. The molecule has 2 aromatic heterocycles. The zero-order valence-corrected chi connectivity index (χ0v) is 18.7. The number of furan rings is 1. The first-order chi connectivity index (χ1) is 14.0. The maximum absolute atomic E-state index is 13.2. The lowest BCUT2D eigenvalue weighted by atomic mass is 9.80. The fourth-order valence-corrected chi connectivity index (χ4v) is 4.32. The summed E-state index contributed by atoms with van der Waals surface area (Å²) in [6, 6.07) is 13.1. The van der Waals surface area contributed by atoms with Crippen LogP contribution >= 0.6 is 11.3 Å². The molecule has 5 heteroatoms. The van der Waals surface area contributed by atoms with Gasteiger partial charge in [0.1, 0.15) is 11.3 Å². The maximum atomic E-state index is 13.2. The smallest absolute Gasteiger partial charge is 0.168 e. The first-order valence-corrected chi connectivity index (χ1v) is 10.9. The Morgan fingerprint density at radius 1 is 0.933 bits per heavy atom. The highest BCUT2D eigenvalue weighted by Crippen LogP contribution is 2.32. The number of ketones is 2. The Labute approximate surface area is 179 Å². The van der Waals surface area contributed by atoms with Crippen LogP contribution in [0, 0.1) is 10.8 Å². The lowest BCUT2D eigenvalue weighted by molar-refractivity contribution is 0.0830. The summed E-state index contributed by atoms with van der Waals surface area (Å²) in [6.07, 6.45) is 0.470. The molecule has 4 nitrogen and oxygen atoms in total. The topological polar surface area (TPSA) is 60.2 Å². The molecule has 30 heavy (non-hydrogen) atoms. The molecule has 2 heterocycles. The van der Waals surface area contributed by atoms with Gasteiger partial charge >= 0.3 is 0 Å². The van der Waals surface area contributed by atoms with Gasteiger partial charge in [0.25, 0.3) is 0 Å². The lowest BCUT2D eigenvalue weighted by Crippen LogP contribution is -2.26. The van der Waals surface area contributed by atoms with E-state index in [1.807, 2.05) is 77.1 Å². The molecule has 0 N–H and O–H groups in total. The van der Waals surface area contributed by atoms with E-state index in [9.17, 15) is 9.59 Å². The van der Waals surface area contributed by atoms with Crippen molar-refractivity contribution in [1.29, 1.82) is 0 Å². The zero-order valence-electron chi connectivity index (χ0n) is 17.9. The second-order valence-electron chi connectivity index (χ2n) is 9.47. The number of carbonyl (C=O) groups is 2. The van der Waals surface area contributed by atoms with Crippen LogP contribution < -0.4 is 0 Å². The van der Waals surface area contributed by atoms with Gasteiger partial charge in [-0.1, -0.05) is 34.6 Å². The standard InChI is InChI=1S/C25H25NO3S/c1-24(2,3)22(27)15-6-8-20-17(10-15)11-18(29-20)13-25(4,5)23(28)16-7-9-21-19(12-16)26-14-30-21/h6-12,14H,13H2,1-5H3. The number of rotatable bonds is 5. The van der Waals surface area contributed by atoms with Crippen LogP contribution in [0.15, 0.2) is 52.4 Å². The van der Waals surface area contributed by atoms with E-state index in [2.05, 4.69) is 4.98 Å². The summed E-state index contributed by atoms with van der Waals surface area (Å²) in [5.41, 5.74) is 3.62. The van der Waals surface area contributed by atoms with Crippen LogP contribution in [0.1, 0.15) is 61.1 Å². The third-order valence-corrected chi connectivity index (χ3v) is 6.14. The first-order valence-electron chi connectivity index (χ1n) is 10.00. The SMILES string of the molecule is CC(C)(C)C(=O)c1ccc2oc(CC(C)(C)C(=O)c3ccc4scnc4c3)cc2c1. The number of hydrogen-bond donors (Lipinski definition) is 0. The van der Waals surface area contributed by atoms with E-state index in [4.69, 9.17) is 4.42 Å². The van der Waals surface area contributed by atoms with Crippen molar-refractivity contribution in [2.45, 2.75) is 41.0 Å². The van der Waals surface area contributed by atoms with Gasteiger partial charge in [-0.2, -0.15) is 0 Å². The zero-order chi connectivity index (χ0) is 21.7.